The Bertz CT molecular complexity index is 4260. The molecule has 0 saturated heterocycles. The standard InChI is InChI=1S/C66H43N3O/c1-3-12-42(13-4-1)43-22-29-49(30-23-43)67(50-31-24-44(25-32-50)45-27-36-62-58(38-45)53-17-8-9-20-60(53)68(62)48-14-5-2-6-15-48)51-33-35-55-54-34-26-47(40-64(54)70-65(55)41-51)46-28-37-63-59(39-46)57-19-11-18-56-52-16-7-10-21-61(52)69(63)66(56)57/h1-41,55,65H. The Morgan fingerprint density at radius 3 is 1.63 bits per heavy atom. The lowest BCUT2D eigenvalue weighted by molar-refractivity contribution is 0.268. The van der Waals surface area contributed by atoms with E-state index in [0.717, 1.165) is 34.1 Å². The maximum atomic E-state index is 6.94. The third-order valence-corrected chi connectivity index (χ3v) is 15.0. The third-order valence-electron chi connectivity index (χ3n) is 15.0. The van der Waals surface area contributed by atoms with E-state index in [2.05, 4.69) is 263 Å². The highest BCUT2D eigenvalue weighted by molar-refractivity contribution is 6.23. The number of allylic oxidation sites excluding steroid dienone is 1. The second-order valence-electron chi connectivity index (χ2n) is 18.8. The molecule has 0 bridgehead atoms. The molecule has 15 rings (SSSR count). The summed E-state index contributed by atoms with van der Waals surface area (Å²) < 4.78 is 11.7. The first-order valence-corrected chi connectivity index (χ1v) is 24.2. The monoisotopic (exact) mass is 893 g/mol. The first-order valence-electron chi connectivity index (χ1n) is 24.2. The summed E-state index contributed by atoms with van der Waals surface area (Å²) in [7, 11) is 0. The van der Waals surface area contributed by atoms with Gasteiger partial charge in [0, 0.05) is 66.6 Å². The van der Waals surface area contributed by atoms with Crippen LogP contribution in [0.25, 0.3) is 99.0 Å². The van der Waals surface area contributed by atoms with Gasteiger partial charge < -0.3 is 18.6 Å². The average molecular weight is 894 g/mol. The van der Waals surface area contributed by atoms with E-state index < -0.39 is 0 Å². The molecule has 4 heterocycles. The average Bonchev–Trinajstić information content (AvgIpc) is 4.17. The molecule has 1 aliphatic heterocycles. The van der Waals surface area contributed by atoms with E-state index in [1.54, 1.807) is 0 Å². The SMILES string of the molecule is C1=CC2c3ccc(-c4ccc5c(c4)c4cccc6c7ccccc7n5c64)cc3OC2C=C1N(c1ccc(-c2ccccc2)cc1)c1ccc(-c2ccc3c(c2)c2ccccc2n3-c2ccccc2)cc1. The minimum Gasteiger partial charge on any atom is -0.485 e. The molecule has 0 spiro atoms. The van der Waals surface area contributed by atoms with Gasteiger partial charge in [-0.2, -0.15) is 0 Å². The van der Waals surface area contributed by atoms with Crippen LogP contribution in [0.5, 0.6) is 5.75 Å². The molecule has 3 aromatic heterocycles. The van der Waals surface area contributed by atoms with Gasteiger partial charge in [-0.1, -0.05) is 158 Å². The van der Waals surface area contributed by atoms with Gasteiger partial charge in [0.05, 0.1) is 27.6 Å². The van der Waals surface area contributed by atoms with Crippen LogP contribution in [0, 0.1) is 0 Å². The van der Waals surface area contributed by atoms with Crippen molar-refractivity contribution in [3.05, 3.63) is 260 Å². The number of hydrogen-bond acceptors (Lipinski definition) is 2. The van der Waals surface area contributed by atoms with Crippen LogP contribution in [-0.2, 0) is 0 Å². The normalized spacial score (nSPS) is 15.3. The number of hydrogen-bond donors (Lipinski definition) is 0. The summed E-state index contributed by atoms with van der Waals surface area (Å²) in [6, 6.07) is 84.0. The van der Waals surface area contributed by atoms with Crippen molar-refractivity contribution in [1.82, 2.24) is 8.97 Å². The number of anilines is 2. The van der Waals surface area contributed by atoms with Crippen LogP contribution in [0.3, 0.4) is 0 Å². The fraction of sp³-hybridized carbons (Fsp3) is 0.0303. The molecular formula is C66H43N3O. The van der Waals surface area contributed by atoms with E-state index in [1.165, 1.54) is 93.3 Å². The predicted molar refractivity (Wildman–Crippen MR) is 291 cm³/mol. The minimum atomic E-state index is -0.142. The number of fused-ring (bicyclic) bond motifs is 12. The number of ether oxygens (including phenoxy) is 1. The topological polar surface area (TPSA) is 21.8 Å². The predicted octanol–water partition coefficient (Wildman–Crippen LogP) is 17.1. The summed E-state index contributed by atoms with van der Waals surface area (Å²) in [4.78, 5) is 2.37. The molecule has 1 aliphatic carbocycles. The van der Waals surface area contributed by atoms with Gasteiger partial charge in [-0.05, 0) is 124 Å². The highest BCUT2D eigenvalue weighted by Gasteiger charge is 2.35. The third kappa shape index (κ3) is 5.90. The molecule has 0 fully saturated rings. The summed E-state index contributed by atoms with van der Waals surface area (Å²) in [5.74, 6) is 1.07. The van der Waals surface area contributed by atoms with Crippen molar-refractivity contribution in [2.75, 3.05) is 4.90 Å². The first kappa shape index (κ1) is 38.9. The lowest BCUT2D eigenvalue weighted by Crippen LogP contribution is -2.24. The van der Waals surface area contributed by atoms with Gasteiger partial charge in [0.25, 0.3) is 0 Å². The Morgan fingerprint density at radius 2 is 0.886 bits per heavy atom. The highest BCUT2D eigenvalue weighted by atomic mass is 16.5. The molecule has 328 valence electrons. The van der Waals surface area contributed by atoms with E-state index in [1.807, 2.05) is 0 Å². The van der Waals surface area contributed by atoms with Crippen molar-refractivity contribution >= 4 is 71.3 Å². The molecule has 0 N–H and O–H groups in total. The quantitative estimate of drug-likeness (QED) is 0.159. The molecule has 2 unspecified atom stereocenters. The van der Waals surface area contributed by atoms with Gasteiger partial charge in [-0.25, -0.2) is 0 Å². The summed E-state index contributed by atoms with van der Waals surface area (Å²) in [5, 5.41) is 7.65. The molecule has 10 aromatic carbocycles. The molecule has 4 heteroatoms. The highest BCUT2D eigenvalue weighted by Crippen LogP contribution is 2.47. The van der Waals surface area contributed by atoms with E-state index >= 15 is 0 Å². The number of nitrogens with zero attached hydrogens (tertiary/aromatic N) is 3. The molecule has 70 heavy (non-hydrogen) atoms. The van der Waals surface area contributed by atoms with Gasteiger partial charge in [-0.15, -0.1) is 0 Å². The molecule has 0 amide bonds. The van der Waals surface area contributed by atoms with E-state index in [-0.39, 0.29) is 12.0 Å². The molecule has 0 saturated carbocycles. The number of para-hydroxylation sites is 4. The summed E-state index contributed by atoms with van der Waals surface area (Å²) >= 11 is 0. The maximum Gasteiger partial charge on any atom is 0.130 e. The Balaban J connectivity index is 0.773. The van der Waals surface area contributed by atoms with Crippen molar-refractivity contribution in [2.24, 2.45) is 0 Å². The lowest BCUT2D eigenvalue weighted by atomic mass is 9.89. The van der Waals surface area contributed by atoms with Crippen LogP contribution < -0.4 is 9.64 Å². The Morgan fingerprint density at radius 1 is 0.386 bits per heavy atom. The van der Waals surface area contributed by atoms with Crippen LogP contribution >= 0.6 is 0 Å². The minimum absolute atomic E-state index is 0.122. The van der Waals surface area contributed by atoms with Crippen LogP contribution in [0.4, 0.5) is 11.4 Å². The molecule has 13 aromatic rings. The molecule has 2 atom stereocenters. The maximum absolute atomic E-state index is 6.94. The second-order valence-corrected chi connectivity index (χ2v) is 18.8. The zero-order chi connectivity index (χ0) is 45.9. The fourth-order valence-corrected chi connectivity index (χ4v) is 11.7. The lowest BCUT2D eigenvalue weighted by Gasteiger charge is -2.30. The molecule has 2 aliphatic rings. The smallest absolute Gasteiger partial charge is 0.130 e. The van der Waals surface area contributed by atoms with Crippen LogP contribution in [-0.4, -0.2) is 15.1 Å². The van der Waals surface area contributed by atoms with Gasteiger partial charge in [0.15, 0.2) is 0 Å². The van der Waals surface area contributed by atoms with Crippen molar-refractivity contribution in [2.45, 2.75) is 12.0 Å². The number of benzene rings is 10. The van der Waals surface area contributed by atoms with Gasteiger partial charge in [0.2, 0.25) is 0 Å². The second kappa shape index (κ2) is 15.2. The molecular weight excluding hydrogens is 851 g/mol. The van der Waals surface area contributed by atoms with E-state index in [9.17, 15) is 0 Å². The van der Waals surface area contributed by atoms with Gasteiger partial charge in [0.1, 0.15) is 11.9 Å². The number of rotatable bonds is 7. The molecule has 0 radical (unpaired) electrons. The van der Waals surface area contributed by atoms with Gasteiger partial charge >= 0.3 is 0 Å². The zero-order valence-electron chi connectivity index (χ0n) is 38.1. The van der Waals surface area contributed by atoms with Crippen LogP contribution in [0.2, 0.25) is 0 Å². The van der Waals surface area contributed by atoms with Crippen LogP contribution in [0.15, 0.2) is 254 Å². The van der Waals surface area contributed by atoms with Crippen LogP contribution in [0.1, 0.15) is 11.5 Å². The fourth-order valence-electron chi connectivity index (χ4n) is 11.7. The number of aromatic nitrogens is 2. The van der Waals surface area contributed by atoms with Crippen molar-refractivity contribution in [3.8, 4) is 44.8 Å². The van der Waals surface area contributed by atoms with Gasteiger partial charge in [-0.3, -0.25) is 0 Å². The summed E-state index contributed by atoms with van der Waals surface area (Å²) in [5.41, 5.74) is 18.9. The van der Waals surface area contributed by atoms with Crippen molar-refractivity contribution in [3.63, 3.8) is 0 Å². The first-order chi connectivity index (χ1) is 34.7. The summed E-state index contributed by atoms with van der Waals surface area (Å²) in [6.07, 6.45) is 6.79. The summed E-state index contributed by atoms with van der Waals surface area (Å²) in [6.45, 7) is 0. The van der Waals surface area contributed by atoms with Crippen molar-refractivity contribution in [1.29, 1.82) is 0 Å². The van der Waals surface area contributed by atoms with E-state index in [4.69, 9.17) is 4.74 Å². The van der Waals surface area contributed by atoms with E-state index in [0.29, 0.717) is 0 Å². The Kier molecular flexibility index (Phi) is 8.45. The zero-order valence-corrected chi connectivity index (χ0v) is 38.1. The van der Waals surface area contributed by atoms with Crippen molar-refractivity contribution < 1.29 is 4.74 Å². The Labute approximate surface area is 404 Å². The Hall–Kier alpha value is -9.12. The largest absolute Gasteiger partial charge is 0.485 e. The molecule has 4 nitrogen and oxygen atoms in total.